The van der Waals surface area contributed by atoms with Crippen molar-refractivity contribution in [3.63, 3.8) is 0 Å². The molecule has 0 spiro atoms. The Hall–Kier alpha value is -3.94. The summed E-state index contributed by atoms with van der Waals surface area (Å²) in [6.45, 7) is 0.952. The van der Waals surface area contributed by atoms with E-state index < -0.39 is 0 Å². The number of benzene rings is 4. The highest BCUT2D eigenvalue weighted by atomic mass is 79.9. The van der Waals surface area contributed by atoms with E-state index in [1.54, 1.807) is 22.0 Å². The Morgan fingerprint density at radius 1 is 0.462 bits per heavy atom. The zero-order valence-electron chi connectivity index (χ0n) is 26.5. The van der Waals surface area contributed by atoms with Gasteiger partial charge in [-0.1, -0.05) is 88.0 Å². The number of nitrogens with zero attached hydrogens (tertiary/aromatic N) is 12. The number of rotatable bonds is 11. The lowest BCUT2D eigenvalue weighted by atomic mass is 10.2. The Balaban J connectivity index is 1.15. The van der Waals surface area contributed by atoms with Gasteiger partial charge in [0.25, 0.3) is 0 Å². The van der Waals surface area contributed by atoms with Gasteiger partial charge >= 0.3 is 0 Å². The quantitative estimate of drug-likeness (QED) is 0.116. The van der Waals surface area contributed by atoms with E-state index in [9.17, 15) is 0 Å². The van der Waals surface area contributed by atoms with E-state index >= 15 is 0 Å². The summed E-state index contributed by atoms with van der Waals surface area (Å²) in [6, 6.07) is 32.0. The summed E-state index contributed by atoms with van der Waals surface area (Å²) in [5.74, 6) is 0.922. The molecule has 4 aromatic carbocycles. The van der Waals surface area contributed by atoms with Crippen LogP contribution >= 0.6 is 85.3 Å². The van der Waals surface area contributed by atoms with Crippen LogP contribution in [0.15, 0.2) is 137 Å². The average molecular weight is 982 g/mol. The van der Waals surface area contributed by atoms with Gasteiger partial charge < -0.3 is 0 Å². The highest BCUT2D eigenvalue weighted by Crippen LogP contribution is 2.45. The van der Waals surface area contributed by atoms with E-state index in [-0.39, 0.29) is 0 Å². The number of halogens is 4. The van der Waals surface area contributed by atoms with Gasteiger partial charge in [0.15, 0.2) is 0 Å². The molecule has 0 saturated heterocycles. The second kappa shape index (κ2) is 15.6. The first-order chi connectivity index (χ1) is 25.4. The van der Waals surface area contributed by atoms with Gasteiger partial charge in [0.05, 0.1) is 48.0 Å². The maximum atomic E-state index is 4.79. The fourth-order valence-corrected chi connectivity index (χ4v) is 8.66. The molecule has 0 bridgehead atoms. The number of hydrogen-bond acceptors (Lipinski definition) is 10. The van der Waals surface area contributed by atoms with Crippen LogP contribution in [0.25, 0.3) is 34.2 Å². The maximum absolute atomic E-state index is 4.79. The van der Waals surface area contributed by atoms with Gasteiger partial charge in [0.2, 0.25) is 11.6 Å². The fraction of sp³-hybridized carbons (Fsp3) is 0.0588. The van der Waals surface area contributed by atoms with Crippen molar-refractivity contribution in [2.24, 2.45) is 0 Å². The summed E-state index contributed by atoms with van der Waals surface area (Å²) >= 11 is 14.1. The lowest BCUT2D eigenvalue weighted by molar-refractivity contribution is 0.572. The highest BCUT2D eigenvalue weighted by molar-refractivity contribution is 9.11. The normalized spacial score (nSPS) is 11.4. The molecule has 8 aromatic rings. The van der Waals surface area contributed by atoms with Gasteiger partial charge in [-0.2, -0.15) is 19.8 Å². The largest absolute Gasteiger partial charge is 0.226 e. The topological polar surface area (TPSA) is 123 Å². The minimum absolute atomic E-state index is 0.461. The zero-order valence-corrected chi connectivity index (χ0v) is 34.5. The molecular weight excluding hydrogens is 960 g/mol. The van der Waals surface area contributed by atoms with Crippen LogP contribution in [0.1, 0.15) is 11.1 Å². The van der Waals surface area contributed by atoms with E-state index in [4.69, 9.17) is 20.4 Å². The van der Waals surface area contributed by atoms with E-state index in [1.165, 1.54) is 21.6 Å². The zero-order chi connectivity index (χ0) is 35.6. The Bertz CT molecular complexity index is 2290. The van der Waals surface area contributed by atoms with Crippen molar-refractivity contribution in [3.05, 3.63) is 138 Å². The smallest absolute Gasteiger partial charge is 0.209 e. The van der Waals surface area contributed by atoms with Gasteiger partial charge in [-0.25, -0.2) is 9.36 Å². The number of hydrogen-bond donors (Lipinski definition) is 0. The predicted octanol–water partition coefficient (Wildman–Crippen LogP) is 9.31. The van der Waals surface area contributed by atoms with Crippen molar-refractivity contribution in [3.8, 4) is 34.2 Å². The van der Waals surface area contributed by atoms with Crippen molar-refractivity contribution in [1.82, 2.24) is 60.0 Å². The molecule has 8 rings (SSSR count). The van der Waals surface area contributed by atoms with Gasteiger partial charge in [-0.3, -0.25) is 0 Å². The van der Waals surface area contributed by atoms with Crippen LogP contribution in [-0.4, -0.2) is 60.0 Å². The summed E-state index contributed by atoms with van der Waals surface area (Å²) < 4.78 is 7.70. The highest BCUT2D eigenvalue weighted by Gasteiger charge is 2.24. The molecule has 0 saturated carbocycles. The number of tetrazole rings is 2. The summed E-state index contributed by atoms with van der Waals surface area (Å²) in [4.78, 5) is 3.17. The van der Waals surface area contributed by atoms with Crippen LogP contribution < -0.4 is 0 Å². The molecule has 0 aliphatic heterocycles. The average Bonchev–Trinajstić information content (AvgIpc) is 3.97. The third-order valence-electron chi connectivity index (χ3n) is 7.65. The molecule has 52 heavy (non-hydrogen) atoms. The van der Waals surface area contributed by atoms with Crippen LogP contribution in [0.2, 0.25) is 0 Å². The van der Waals surface area contributed by atoms with Gasteiger partial charge in [0, 0.05) is 17.9 Å². The molecule has 0 fully saturated rings. The van der Waals surface area contributed by atoms with Crippen LogP contribution in [0.5, 0.6) is 0 Å². The van der Waals surface area contributed by atoms with Crippen LogP contribution in [0, 0.1) is 0 Å². The molecule has 0 aliphatic carbocycles. The van der Waals surface area contributed by atoms with Gasteiger partial charge in [-0.05, 0) is 116 Å². The summed E-state index contributed by atoms with van der Waals surface area (Å²) in [6.07, 6.45) is 3.54. The predicted molar refractivity (Wildman–Crippen MR) is 214 cm³/mol. The molecule has 0 aliphatic rings. The van der Waals surface area contributed by atoms with Gasteiger partial charge in [-0.15, -0.1) is 20.4 Å². The second-order valence-electron chi connectivity index (χ2n) is 11.2. The molecule has 12 nitrogen and oxygen atoms in total. The molecule has 0 atom stereocenters. The molecule has 0 amide bonds. The molecule has 258 valence electrons. The molecule has 0 N–H and O–H groups in total. The maximum Gasteiger partial charge on any atom is 0.209 e. The van der Waals surface area contributed by atoms with Crippen molar-refractivity contribution in [1.29, 1.82) is 0 Å². The lowest BCUT2D eigenvalue weighted by Gasteiger charge is -2.11. The van der Waals surface area contributed by atoms with E-state index in [0.29, 0.717) is 24.7 Å². The van der Waals surface area contributed by atoms with Crippen molar-refractivity contribution < 1.29 is 0 Å². The lowest BCUT2D eigenvalue weighted by Crippen LogP contribution is -2.04. The summed E-state index contributed by atoms with van der Waals surface area (Å²) in [5, 5.41) is 38.3. The van der Waals surface area contributed by atoms with E-state index in [2.05, 4.69) is 84.3 Å². The fourth-order valence-electron chi connectivity index (χ4n) is 5.10. The minimum Gasteiger partial charge on any atom is -0.226 e. The SMILES string of the molecule is Brc1ccc(Cn2nnc(-c3cnn(-c4ccc(Br)cc4)c3SSc3c(-c4nnn(Cc5ccc(Br)cc5)n4)cnn3-c3ccc(Br)cc3)n2)cc1. The first-order valence-corrected chi connectivity index (χ1v) is 20.8. The second-order valence-corrected chi connectivity index (χ2v) is 17.0. The first-order valence-electron chi connectivity index (χ1n) is 15.4. The third kappa shape index (κ3) is 7.86. The standard InChI is InChI=1S/C34H22Br4N12S2/c35-23-5-1-21(2-6-23)19-47-43-31(41-45-47)29-17-39-49(27-13-9-25(37)10-14-27)33(29)51-52-34-30(18-40-50(34)28-15-11-26(38)12-16-28)32-42-46-48(44-32)20-22-3-7-24(36)8-4-22/h1-18H,19-20H2. The number of aromatic nitrogens is 12. The van der Waals surface area contributed by atoms with Crippen LogP contribution in [0.4, 0.5) is 0 Å². The van der Waals surface area contributed by atoms with E-state index in [1.807, 2.05) is 106 Å². The Kier molecular flexibility index (Phi) is 10.5. The summed E-state index contributed by atoms with van der Waals surface area (Å²) in [7, 11) is 3.01. The molecule has 0 radical (unpaired) electrons. The monoisotopic (exact) mass is 978 g/mol. The molecule has 18 heteroatoms. The molecule has 0 unspecified atom stereocenters. The molecular formula is C34H22Br4N12S2. The van der Waals surface area contributed by atoms with E-state index in [0.717, 1.165) is 61.6 Å². The van der Waals surface area contributed by atoms with Crippen LogP contribution in [0.3, 0.4) is 0 Å². The first kappa shape index (κ1) is 35.1. The Morgan fingerprint density at radius 2 is 0.808 bits per heavy atom. The van der Waals surface area contributed by atoms with Gasteiger partial charge in [0.1, 0.15) is 10.1 Å². The third-order valence-corrected chi connectivity index (χ3v) is 12.2. The molecule has 4 heterocycles. The van der Waals surface area contributed by atoms with Crippen LogP contribution in [-0.2, 0) is 13.1 Å². The Morgan fingerprint density at radius 3 is 1.17 bits per heavy atom. The van der Waals surface area contributed by atoms with Crippen molar-refractivity contribution >= 4 is 85.3 Å². The summed E-state index contributed by atoms with van der Waals surface area (Å²) in [5.41, 5.74) is 5.32. The Labute approximate surface area is 338 Å². The van der Waals surface area contributed by atoms with Crippen molar-refractivity contribution in [2.45, 2.75) is 23.1 Å². The minimum atomic E-state index is 0.461. The van der Waals surface area contributed by atoms with Crippen molar-refractivity contribution in [2.75, 3.05) is 0 Å². The molecule has 4 aromatic heterocycles.